The largest absolute Gasteiger partial charge is 0.506 e. The molecule has 0 aliphatic rings. The second-order valence-electron chi connectivity index (χ2n) is 3.73. The van der Waals surface area contributed by atoms with Gasteiger partial charge in [-0.2, -0.15) is 0 Å². The lowest BCUT2D eigenvalue weighted by Crippen LogP contribution is -2.01. The molecule has 7 heteroatoms. The Hall–Kier alpha value is -1.43. The SMILES string of the molecule is O=S(=O)(c1ccc(Cl)c(O)c1)c1ccc(Cl)c(O)c1. The molecule has 0 saturated heterocycles. The average molecular weight is 319 g/mol. The minimum Gasteiger partial charge on any atom is -0.506 e. The van der Waals surface area contributed by atoms with Crippen LogP contribution in [0.4, 0.5) is 0 Å². The summed E-state index contributed by atoms with van der Waals surface area (Å²) in [5.41, 5.74) is 0. The molecule has 0 aliphatic carbocycles. The Bertz CT molecular complexity index is 684. The van der Waals surface area contributed by atoms with Gasteiger partial charge in [-0.15, -0.1) is 0 Å². The molecule has 0 saturated carbocycles. The molecule has 2 aromatic rings. The van der Waals surface area contributed by atoms with Gasteiger partial charge in [-0.1, -0.05) is 23.2 Å². The van der Waals surface area contributed by atoms with E-state index in [1.54, 1.807) is 0 Å². The molecule has 0 bridgehead atoms. The predicted octanol–water partition coefficient (Wildman–Crippen LogP) is 3.24. The first kappa shape index (κ1) is 14.0. The van der Waals surface area contributed by atoms with E-state index >= 15 is 0 Å². The highest BCUT2D eigenvalue weighted by Crippen LogP contribution is 2.32. The molecular weight excluding hydrogens is 311 g/mol. The van der Waals surface area contributed by atoms with Crippen molar-refractivity contribution in [2.75, 3.05) is 0 Å². The third-order valence-electron chi connectivity index (χ3n) is 2.46. The van der Waals surface area contributed by atoms with E-state index in [0.29, 0.717) is 0 Å². The van der Waals surface area contributed by atoms with Crippen LogP contribution in [0.1, 0.15) is 0 Å². The van der Waals surface area contributed by atoms with Crippen LogP contribution in [0.2, 0.25) is 10.0 Å². The highest BCUT2D eigenvalue weighted by Gasteiger charge is 2.20. The van der Waals surface area contributed by atoms with Crippen molar-refractivity contribution < 1.29 is 18.6 Å². The molecule has 0 spiro atoms. The summed E-state index contributed by atoms with van der Waals surface area (Å²) in [6.45, 7) is 0. The van der Waals surface area contributed by atoms with Crippen LogP contribution in [-0.2, 0) is 9.84 Å². The Labute approximate surface area is 119 Å². The van der Waals surface area contributed by atoms with Crippen molar-refractivity contribution in [1.82, 2.24) is 0 Å². The summed E-state index contributed by atoms with van der Waals surface area (Å²) in [5.74, 6) is -0.665. The molecule has 0 fully saturated rings. The molecule has 0 amide bonds. The van der Waals surface area contributed by atoms with Gasteiger partial charge < -0.3 is 10.2 Å². The van der Waals surface area contributed by atoms with E-state index < -0.39 is 9.84 Å². The first-order valence-electron chi connectivity index (χ1n) is 5.04. The molecular formula is C12H8Cl2O4S. The monoisotopic (exact) mass is 318 g/mol. The quantitative estimate of drug-likeness (QED) is 0.891. The van der Waals surface area contributed by atoms with Crippen LogP contribution in [0.3, 0.4) is 0 Å². The molecule has 0 aromatic heterocycles. The lowest BCUT2D eigenvalue weighted by molar-refractivity contribution is 0.473. The summed E-state index contributed by atoms with van der Waals surface area (Å²) in [7, 11) is -3.85. The fourth-order valence-corrected chi connectivity index (χ4v) is 2.99. The van der Waals surface area contributed by atoms with Crippen molar-refractivity contribution in [3.8, 4) is 11.5 Å². The zero-order valence-electron chi connectivity index (χ0n) is 9.34. The first-order chi connectivity index (χ1) is 8.82. The van der Waals surface area contributed by atoms with Gasteiger partial charge in [-0.25, -0.2) is 8.42 Å². The second-order valence-corrected chi connectivity index (χ2v) is 6.49. The van der Waals surface area contributed by atoms with Crippen LogP contribution in [0.15, 0.2) is 46.2 Å². The Balaban J connectivity index is 2.58. The van der Waals surface area contributed by atoms with Crippen molar-refractivity contribution in [1.29, 1.82) is 0 Å². The van der Waals surface area contributed by atoms with Crippen molar-refractivity contribution in [3.63, 3.8) is 0 Å². The van der Waals surface area contributed by atoms with Crippen LogP contribution in [0.5, 0.6) is 11.5 Å². The van der Waals surface area contributed by atoms with Crippen molar-refractivity contribution in [2.45, 2.75) is 9.79 Å². The molecule has 0 heterocycles. The highest BCUT2D eigenvalue weighted by molar-refractivity contribution is 7.91. The number of phenols is 2. The maximum Gasteiger partial charge on any atom is 0.206 e. The Kier molecular flexibility index (Phi) is 3.62. The Morgan fingerprint density at radius 2 is 1.16 bits per heavy atom. The zero-order valence-corrected chi connectivity index (χ0v) is 11.7. The highest BCUT2D eigenvalue weighted by atomic mass is 35.5. The van der Waals surface area contributed by atoms with E-state index in [-0.39, 0.29) is 31.3 Å². The predicted molar refractivity (Wildman–Crippen MR) is 71.7 cm³/mol. The summed E-state index contributed by atoms with van der Waals surface area (Å²) in [6, 6.07) is 7.18. The van der Waals surface area contributed by atoms with Gasteiger partial charge in [0.25, 0.3) is 0 Å². The van der Waals surface area contributed by atoms with E-state index in [2.05, 4.69) is 0 Å². The number of hydrogen-bond donors (Lipinski definition) is 2. The number of benzene rings is 2. The van der Waals surface area contributed by atoms with E-state index in [0.717, 1.165) is 12.1 Å². The van der Waals surface area contributed by atoms with Gasteiger partial charge in [-0.3, -0.25) is 0 Å². The molecule has 2 aromatic carbocycles. The summed E-state index contributed by atoms with van der Waals surface area (Å²) in [4.78, 5) is -0.257. The van der Waals surface area contributed by atoms with Gasteiger partial charge >= 0.3 is 0 Å². The number of rotatable bonds is 2. The van der Waals surface area contributed by atoms with Crippen LogP contribution in [0.25, 0.3) is 0 Å². The summed E-state index contributed by atoms with van der Waals surface area (Å²) < 4.78 is 24.5. The van der Waals surface area contributed by atoms with E-state index in [1.807, 2.05) is 0 Å². The molecule has 2 rings (SSSR count). The van der Waals surface area contributed by atoms with Gasteiger partial charge in [0.15, 0.2) is 0 Å². The van der Waals surface area contributed by atoms with Crippen molar-refractivity contribution in [3.05, 3.63) is 46.4 Å². The van der Waals surface area contributed by atoms with Crippen molar-refractivity contribution >= 4 is 33.0 Å². The molecule has 0 atom stereocenters. The normalized spacial score (nSPS) is 11.5. The van der Waals surface area contributed by atoms with Gasteiger partial charge in [0.1, 0.15) is 11.5 Å². The number of sulfone groups is 1. The minimum absolute atomic E-state index is 0.0536. The second kappa shape index (κ2) is 4.92. The molecule has 0 unspecified atom stereocenters. The van der Waals surface area contributed by atoms with Crippen LogP contribution < -0.4 is 0 Å². The number of halogens is 2. The molecule has 19 heavy (non-hydrogen) atoms. The maximum atomic E-state index is 12.3. The summed E-state index contributed by atoms with van der Waals surface area (Å²) in [5, 5.41) is 19.0. The van der Waals surface area contributed by atoms with E-state index in [9.17, 15) is 18.6 Å². The number of hydrogen-bond acceptors (Lipinski definition) is 4. The smallest absolute Gasteiger partial charge is 0.206 e. The third-order valence-corrected chi connectivity index (χ3v) is 4.84. The topological polar surface area (TPSA) is 74.6 Å². The minimum atomic E-state index is -3.85. The maximum absolute atomic E-state index is 12.3. The molecule has 0 aliphatic heterocycles. The van der Waals surface area contributed by atoms with E-state index in [1.165, 1.54) is 24.3 Å². The van der Waals surface area contributed by atoms with Crippen LogP contribution in [-0.4, -0.2) is 18.6 Å². The number of phenolic OH excluding ortho intramolecular Hbond substituents is 2. The van der Waals surface area contributed by atoms with Gasteiger partial charge in [0.2, 0.25) is 9.84 Å². The zero-order chi connectivity index (χ0) is 14.2. The first-order valence-corrected chi connectivity index (χ1v) is 7.28. The lowest BCUT2D eigenvalue weighted by Gasteiger charge is -2.07. The average Bonchev–Trinajstić information content (AvgIpc) is 2.35. The fraction of sp³-hybridized carbons (Fsp3) is 0. The van der Waals surface area contributed by atoms with Gasteiger partial charge in [0, 0.05) is 12.1 Å². The van der Waals surface area contributed by atoms with Gasteiger partial charge in [-0.05, 0) is 24.3 Å². The lowest BCUT2D eigenvalue weighted by atomic mass is 10.3. The van der Waals surface area contributed by atoms with Crippen LogP contribution in [0, 0.1) is 0 Å². The molecule has 4 nitrogen and oxygen atoms in total. The van der Waals surface area contributed by atoms with Crippen molar-refractivity contribution in [2.24, 2.45) is 0 Å². The molecule has 2 N–H and O–H groups in total. The Morgan fingerprint density at radius 1 is 0.789 bits per heavy atom. The molecule has 100 valence electrons. The van der Waals surface area contributed by atoms with Crippen LogP contribution >= 0.6 is 23.2 Å². The third kappa shape index (κ3) is 2.63. The van der Waals surface area contributed by atoms with Gasteiger partial charge in [0.05, 0.1) is 19.8 Å². The standard InChI is InChI=1S/C12H8Cl2O4S/c13-9-3-1-7(5-11(9)15)19(17,18)8-2-4-10(14)12(16)6-8/h1-6,15-16H. The van der Waals surface area contributed by atoms with E-state index in [4.69, 9.17) is 23.2 Å². The Morgan fingerprint density at radius 3 is 1.47 bits per heavy atom. The summed E-state index contributed by atoms with van der Waals surface area (Å²) >= 11 is 11.2. The summed E-state index contributed by atoms with van der Waals surface area (Å²) in [6.07, 6.45) is 0. The molecule has 0 radical (unpaired) electrons. The fourth-order valence-electron chi connectivity index (χ4n) is 1.46. The number of aromatic hydroxyl groups is 2.